The van der Waals surface area contributed by atoms with Crippen molar-refractivity contribution in [2.24, 2.45) is 4.99 Å². The van der Waals surface area contributed by atoms with Crippen LogP contribution >= 0.6 is 22.6 Å². The van der Waals surface area contributed by atoms with Gasteiger partial charge in [-0.15, -0.1) is 0 Å². The number of aliphatic imine (C=N–C) groups is 1. The van der Waals surface area contributed by atoms with Gasteiger partial charge < -0.3 is 14.2 Å². The lowest BCUT2D eigenvalue weighted by Crippen LogP contribution is -2.05. The Morgan fingerprint density at radius 1 is 1.18 bits per heavy atom. The Bertz CT molecular complexity index is 1340. The van der Waals surface area contributed by atoms with Gasteiger partial charge in [0, 0.05) is 17.7 Å². The predicted molar refractivity (Wildman–Crippen MR) is 130 cm³/mol. The van der Waals surface area contributed by atoms with E-state index >= 15 is 0 Å². The van der Waals surface area contributed by atoms with E-state index in [1.165, 1.54) is 43.5 Å². The van der Waals surface area contributed by atoms with Crippen molar-refractivity contribution in [3.8, 4) is 11.5 Å². The first-order chi connectivity index (χ1) is 16.3. The maximum absolute atomic E-state index is 13.1. The number of nitro benzene ring substituents is 1. The van der Waals surface area contributed by atoms with Crippen LogP contribution in [-0.4, -0.2) is 23.9 Å². The number of cyclic esters (lactones) is 1. The van der Waals surface area contributed by atoms with Gasteiger partial charge in [0.2, 0.25) is 5.90 Å². The van der Waals surface area contributed by atoms with Crippen molar-refractivity contribution in [1.82, 2.24) is 0 Å². The number of carbonyl (C=O) groups excluding carboxylic acids is 1. The molecule has 0 N–H and O–H groups in total. The number of esters is 1. The molecule has 0 fully saturated rings. The zero-order valence-corrected chi connectivity index (χ0v) is 19.8. The monoisotopic (exact) mass is 574 g/mol. The molecule has 4 rings (SSSR count). The van der Waals surface area contributed by atoms with Crippen molar-refractivity contribution in [3.05, 3.63) is 103 Å². The summed E-state index contributed by atoms with van der Waals surface area (Å²) in [5, 5.41) is 11.0. The summed E-state index contributed by atoms with van der Waals surface area (Å²) in [5.74, 6) is -0.0624. The Balaban J connectivity index is 1.57. The molecular weight excluding hydrogens is 558 g/mol. The molecule has 3 aromatic rings. The minimum Gasteiger partial charge on any atom is -0.493 e. The number of benzene rings is 3. The third-order valence-corrected chi connectivity index (χ3v) is 5.57. The molecule has 34 heavy (non-hydrogen) atoms. The average molecular weight is 574 g/mol. The maximum Gasteiger partial charge on any atom is 0.363 e. The Morgan fingerprint density at radius 3 is 2.65 bits per heavy atom. The lowest BCUT2D eigenvalue weighted by atomic mass is 10.1. The first-order valence-electron chi connectivity index (χ1n) is 9.86. The number of rotatable bonds is 7. The molecule has 0 saturated carbocycles. The van der Waals surface area contributed by atoms with Gasteiger partial charge in [-0.25, -0.2) is 14.2 Å². The standard InChI is InChI=1S/C24H16FIN2O6/c1-32-21-12-15(11-20-24(29)34-23(27-20)16-5-7-17(25)8-6-16)10-19(26)22(21)33-13-14-3-2-4-18(9-14)28(30)31/h2-12H,13H2,1H3/b20-11-. The van der Waals surface area contributed by atoms with Crippen LogP contribution in [0.4, 0.5) is 10.1 Å². The molecule has 0 bridgehead atoms. The number of nitrogens with zero attached hydrogens (tertiary/aromatic N) is 2. The topological polar surface area (TPSA) is 100 Å². The Hall–Kier alpha value is -3.80. The van der Waals surface area contributed by atoms with E-state index in [1.807, 2.05) is 0 Å². The molecule has 172 valence electrons. The number of ether oxygens (including phenoxy) is 3. The summed E-state index contributed by atoms with van der Waals surface area (Å²) >= 11 is 2.07. The average Bonchev–Trinajstić information content (AvgIpc) is 3.18. The molecule has 0 spiro atoms. The largest absolute Gasteiger partial charge is 0.493 e. The molecular formula is C24H16FIN2O6. The van der Waals surface area contributed by atoms with Crippen LogP contribution in [0.3, 0.4) is 0 Å². The van der Waals surface area contributed by atoms with Crippen LogP contribution in [-0.2, 0) is 16.1 Å². The van der Waals surface area contributed by atoms with Crippen LogP contribution in [0.5, 0.6) is 11.5 Å². The molecule has 0 atom stereocenters. The Morgan fingerprint density at radius 2 is 1.94 bits per heavy atom. The van der Waals surface area contributed by atoms with Gasteiger partial charge in [0.1, 0.15) is 12.4 Å². The van der Waals surface area contributed by atoms with E-state index in [1.54, 1.807) is 30.3 Å². The fourth-order valence-electron chi connectivity index (χ4n) is 3.16. The number of hydrogen-bond donors (Lipinski definition) is 0. The van der Waals surface area contributed by atoms with Gasteiger partial charge in [-0.2, -0.15) is 0 Å². The highest BCUT2D eigenvalue weighted by Gasteiger charge is 2.24. The lowest BCUT2D eigenvalue weighted by molar-refractivity contribution is -0.384. The van der Waals surface area contributed by atoms with E-state index in [-0.39, 0.29) is 23.9 Å². The van der Waals surface area contributed by atoms with Crippen LogP contribution in [0.2, 0.25) is 0 Å². The molecule has 0 aromatic heterocycles. The number of methoxy groups -OCH3 is 1. The third kappa shape index (κ3) is 5.22. The molecule has 0 radical (unpaired) electrons. The maximum atomic E-state index is 13.1. The molecule has 1 aliphatic heterocycles. The summed E-state index contributed by atoms with van der Waals surface area (Å²) in [6.07, 6.45) is 1.55. The number of carbonyl (C=O) groups is 1. The predicted octanol–water partition coefficient (Wildman–Crippen LogP) is 5.27. The minimum atomic E-state index is -0.626. The quantitative estimate of drug-likeness (QED) is 0.125. The zero-order chi connectivity index (χ0) is 24.2. The van der Waals surface area contributed by atoms with Gasteiger partial charge in [-0.1, -0.05) is 12.1 Å². The van der Waals surface area contributed by atoms with E-state index < -0.39 is 16.7 Å². The first-order valence-corrected chi connectivity index (χ1v) is 10.9. The second kappa shape index (κ2) is 10.00. The second-order valence-corrected chi connectivity index (χ2v) is 8.25. The summed E-state index contributed by atoms with van der Waals surface area (Å²) in [6.45, 7) is 0.103. The smallest absolute Gasteiger partial charge is 0.363 e. The third-order valence-electron chi connectivity index (χ3n) is 4.77. The summed E-state index contributed by atoms with van der Waals surface area (Å²) in [7, 11) is 1.48. The van der Waals surface area contributed by atoms with Gasteiger partial charge in [-0.3, -0.25) is 10.1 Å². The van der Waals surface area contributed by atoms with Crippen LogP contribution < -0.4 is 9.47 Å². The Kier molecular flexibility index (Phi) is 6.87. The summed E-state index contributed by atoms with van der Waals surface area (Å²) in [5.41, 5.74) is 1.81. The van der Waals surface area contributed by atoms with Crippen molar-refractivity contribution in [2.45, 2.75) is 6.61 Å². The van der Waals surface area contributed by atoms with Crippen LogP contribution in [0.1, 0.15) is 16.7 Å². The van der Waals surface area contributed by atoms with Crippen molar-refractivity contribution in [2.75, 3.05) is 7.11 Å². The van der Waals surface area contributed by atoms with Gasteiger partial charge in [0.05, 0.1) is 15.6 Å². The van der Waals surface area contributed by atoms with E-state index in [4.69, 9.17) is 14.2 Å². The number of halogens is 2. The van der Waals surface area contributed by atoms with Crippen molar-refractivity contribution in [1.29, 1.82) is 0 Å². The van der Waals surface area contributed by atoms with E-state index in [2.05, 4.69) is 27.6 Å². The molecule has 3 aromatic carbocycles. The molecule has 8 nitrogen and oxygen atoms in total. The van der Waals surface area contributed by atoms with Crippen molar-refractivity contribution in [3.63, 3.8) is 0 Å². The van der Waals surface area contributed by atoms with Gasteiger partial charge in [0.25, 0.3) is 5.69 Å². The highest BCUT2D eigenvalue weighted by molar-refractivity contribution is 14.1. The fraction of sp³-hybridized carbons (Fsp3) is 0.0833. The molecule has 0 saturated heterocycles. The second-order valence-electron chi connectivity index (χ2n) is 7.09. The molecule has 0 aliphatic carbocycles. The van der Waals surface area contributed by atoms with Gasteiger partial charge in [0.15, 0.2) is 17.2 Å². The van der Waals surface area contributed by atoms with Gasteiger partial charge >= 0.3 is 5.97 Å². The minimum absolute atomic E-state index is 0.0197. The molecule has 10 heteroatoms. The van der Waals surface area contributed by atoms with Crippen molar-refractivity contribution < 1.29 is 28.3 Å². The molecule has 0 amide bonds. The van der Waals surface area contributed by atoms with E-state index in [0.717, 1.165) is 0 Å². The zero-order valence-electron chi connectivity index (χ0n) is 17.7. The summed E-state index contributed by atoms with van der Waals surface area (Å²) in [6, 6.07) is 15.1. The van der Waals surface area contributed by atoms with Gasteiger partial charge in [-0.05, 0) is 76.2 Å². The SMILES string of the molecule is COc1cc(/C=C2\N=C(c3ccc(F)cc3)OC2=O)cc(I)c1OCc1cccc([N+](=O)[O-])c1. The van der Waals surface area contributed by atoms with Crippen molar-refractivity contribution >= 4 is 46.2 Å². The summed E-state index contributed by atoms with van der Waals surface area (Å²) < 4.78 is 30.4. The first kappa shape index (κ1) is 23.4. The fourth-order valence-corrected chi connectivity index (χ4v) is 3.94. The normalized spacial score (nSPS) is 14.0. The molecule has 1 heterocycles. The Labute approximate surface area is 207 Å². The summed E-state index contributed by atoms with van der Waals surface area (Å²) in [4.78, 5) is 27.0. The lowest BCUT2D eigenvalue weighted by Gasteiger charge is -2.13. The molecule has 0 unspecified atom stereocenters. The van der Waals surface area contributed by atoms with Crippen LogP contribution in [0, 0.1) is 19.5 Å². The number of nitro groups is 1. The number of hydrogen-bond acceptors (Lipinski definition) is 7. The van der Waals surface area contributed by atoms with Crippen LogP contribution in [0.15, 0.2) is 71.4 Å². The highest BCUT2D eigenvalue weighted by Crippen LogP contribution is 2.35. The molecule has 1 aliphatic rings. The van der Waals surface area contributed by atoms with Crippen LogP contribution in [0.25, 0.3) is 6.08 Å². The highest BCUT2D eigenvalue weighted by atomic mass is 127. The van der Waals surface area contributed by atoms with E-state index in [9.17, 15) is 19.3 Å². The number of non-ortho nitro benzene ring substituents is 1. The van der Waals surface area contributed by atoms with E-state index in [0.29, 0.717) is 31.8 Å².